The SMILES string of the molecule is CCOc1ccc(N)c(S(=O)CCCS(C)(=O)=O)c1. The lowest BCUT2D eigenvalue weighted by atomic mass is 10.3. The molecule has 19 heavy (non-hydrogen) atoms. The zero-order chi connectivity index (χ0) is 14.5. The molecule has 1 atom stereocenters. The van der Waals surface area contributed by atoms with Crippen LogP contribution in [-0.2, 0) is 20.6 Å². The maximum atomic E-state index is 12.1. The van der Waals surface area contributed by atoms with Crippen LogP contribution in [0.1, 0.15) is 13.3 Å². The van der Waals surface area contributed by atoms with Crippen LogP contribution < -0.4 is 10.5 Å². The van der Waals surface area contributed by atoms with E-state index in [2.05, 4.69) is 0 Å². The van der Waals surface area contributed by atoms with E-state index in [0.717, 1.165) is 0 Å². The summed E-state index contributed by atoms with van der Waals surface area (Å²) in [7, 11) is -4.33. The third kappa shape index (κ3) is 5.61. The average molecular weight is 305 g/mol. The van der Waals surface area contributed by atoms with Gasteiger partial charge in [-0.15, -0.1) is 0 Å². The number of sulfone groups is 1. The average Bonchev–Trinajstić information content (AvgIpc) is 2.30. The molecule has 0 aliphatic carbocycles. The van der Waals surface area contributed by atoms with Crippen LogP contribution in [0.3, 0.4) is 0 Å². The fourth-order valence-electron chi connectivity index (χ4n) is 1.53. The highest BCUT2D eigenvalue weighted by atomic mass is 32.2. The second-order valence-corrected chi connectivity index (χ2v) is 7.96. The van der Waals surface area contributed by atoms with Gasteiger partial charge >= 0.3 is 0 Å². The molecule has 0 aliphatic heterocycles. The molecule has 0 saturated carbocycles. The number of anilines is 1. The van der Waals surface area contributed by atoms with E-state index in [9.17, 15) is 12.6 Å². The molecule has 2 N–H and O–H groups in total. The third-order valence-electron chi connectivity index (χ3n) is 2.39. The number of rotatable bonds is 7. The molecule has 5 nitrogen and oxygen atoms in total. The zero-order valence-electron chi connectivity index (χ0n) is 11.1. The van der Waals surface area contributed by atoms with Crippen molar-refractivity contribution in [1.82, 2.24) is 0 Å². The minimum absolute atomic E-state index is 0.0315. The first kappa shape index (κ1) is 16.0. The van der Waals surface area contributed by atoms with Crippen LogP contribution in [0.4, 0.5) is 5.69 Å². The molecule has 0 saturated heterocycles. The Labute approximate surface area is 116 Å². The lowest BCUT2D eigenvalue weighted by molar-refractivity contribution is 0.339. The van der Waals surface area contributed by atoms with Crippen molar-refractivity contribution < 1.29 is 17.4 Å². The maximum Gasteiger partial charge on any atom is 0.147 e. The van der Waals surface area contributed by atoms with E-state index >= 15 is 0 Å². The Balaban J connectivity index is 2.73. The van der Waals surface area contributed by atoms with Gasteiger partial charge < -0.3 is 10.5 Å². The molecular weight excluding hydrogens is 286 g/mol. The van der Waals surface area contributed by atoms with E-state index in [-0.39, 0.29) is 11.5 Å². The number of hydrogen-bond acceptors (Lipinski definition) is 5. The standard InChI is InChI=1S/C12H19NO4S2/c1-3-17-10-5-6-11(13)12(9-10)18(14)7-4-8-19(2,15)16/h5-6,9H,3-4,7-8,13H2,1-2H3. The van der Waals surface area contributed by atoms with Crippen molar-refractivity contribution in [3.63, 3.8) is 0 Å². The topological polar surface area (TPSA) is 86.5 Å². The number of hydrogen-bond donors (Lipinski definition) is 1. The summed E-state index contributed by atoms with van der Waals surface area (Å²) in [5.41, 5.74) is 6.21. The van der Waals surface area contributed by atoms with E-state index in [1.807, 2.05) is 6.92 Å². The zero-order valence-corrected chi connectivity index (χ0v) is 12.7. The summed E-state index contributed by atoms with van der Waals surface area (Å²) >= 11 is 0. The highest BCUT2D eigenvalue weighted by Crippen LogP contribution is 2.23. The fraction of sp³-hybridized carbons (Fsp3) is 0.500. The summed E-state index contributed by atoms with van der Waals surface area (Å²) in [6.45, 7) is 2.38. The predicted molar refractivity (Wildman–Crippen MR) is 77.6 cm³/mol. The summed E-state index contributed by atoms with van der Waals surface area (Å²) in [6.07, 6.45) is 1.52. The molecule has 1 unspecified atom stereocenters. The van der Waals surface area contributed by atoms with Crippen molar-refractivity contribution in [2.45, 2.75) is 18.2 Å². The summed E-state index contributed by atoms with van der Waals surface area (Å²) in [6, 6.07) is 5.01. The lowest BCUT2D eigenvalue weighted by Crippen LogP contribution is -2.09. The fourth-order valence-corrected chi connectivity index (χ4v) is 3.59. The molecule has 0 radical (unpaired) electrons. The Morgan fingerprint density at radius 3 is 2.63 bits per heavy atom. The molecule has 0 heterocycles. The van der Waals surface area contributed by atoms with Gasteiger partial charge in [0.05, 0.1) is 28.1 Å². The van der Waals surface area contributed by atoms with E-state index in [1.54, 1.807) is 18.2 Å². The Bertz CT molecular complexity index is 555. The Morgan fingerprint density at radius 2 is 2.05 bits per heavy atom. The number of nitrogens with two attached hydrogens (primary N) is 1. The molecular formula is C12H19NO4S2. The van der Waals surface area contributed by atoms with E-state index in [1.165, 1.54) is 6.26 Å². The van der Waals surface area contributed by atoms with Crippen LogP contribution in [0.2, 0.25) is 0 Å². The summed E-state index contributed by atoms with van der Waals surface area (Å²) in [5, 5.41) is 0. The number of nitrogen functional groups attached to an aromatic ring is 1. The molecule has 0 bridgehead atoms. The van der Waals surface area contributed by atoms with Crippen LogP contribution in [0, 0.1) is 0 Å². The Hall–Kier alpha value is -1.08. The van der Waals surface area contributed by atoms with E-state index in [4.69, 9.17) is 10.5 Å². The molecule has 7 heteroatoms. The van der Waals surface area contributed by atoms with Gasteiger partial charge in [-0.05, 0) is 31.5 Å². The van der Waals surface area contributed by atoms with Crippen LogP contribution in [-0.4, -0.2) is 37.0 Å². The molecule has 0 amide bonds. The summed E-state index contributed by atoms with van der Waals surface area (Å²) < 4.78 is 39.4. The molecule has 0 aliphatic rings. The monoisotopic (exact) mass is 305 g/mol. The van der Waals surface area contributed by atoms with Crippen LogP contribution in [0.25, 0.3) is 0 Å². The second-order valence-electron chi connectivity index (χ2n) is 4.17. The largest absolute Gasteiger partial charge is 0.494 e. The van der Waals surface area contributed by atoms with Crippen molar-refractivity contribution >= 4 is 26.3 Å². The van der Waals surface area contributed by atoms with E-state index < -0.39 is 20.6 Å². The van der Waals surface area contributed by atoms with Gasteiger partial charge in [-0.2, -0.15) is 0 Å². The Morgan fingerprint density at radius 1 is 1.37 bits per heavy atom. The second kappa shape index (κ2) is 6.91. The van der Waals surface area contributed by atoms with Crippen molar-refractivity contribution in [1.29, 1.82) is 0 Å². The first-order chi connectivity index (χ1) is 8.83. The van der Waals surface area contributed by atoms with Gasteiger partial charge in [0.15, 0.2) is 0 Å². The van der Waals surface area contributed by atoms with Gasteiger partial charge in [-0.1, -0.05) is 0 Å². The molecule has 108 valence electrons. The molecule has 0 fully saturated rings. The normalized spacial score (nSPS) is 13.2. The third-order valence-corrected chi connectivity index (χ3v) is 4.92. The van der Waals surface area contributed by atoms with Crippen LogP contribution in [0.15, 0.2) is 23.1 Å². The Kier molecular flexibility index (Phi) is 5.81. The minimum atomic E-state index is -3.02. The van der Waals surface area contributed by atoms with Gasteiger partial charge in [0.25, 0.3) is 0 Å². The minimum Gasteiger partial charge on any atom is -0.494 e. The van der Waals surface area contributed by atoms with Crippen LogP contribution in [0.5, 0.6) is 5.75 Å². The lowest BCUT2D eigenvalue weighted by Gasteiger charge is -2.09. The van der Waals surface area contributed by atoms with Crippen molar-refractivity contribution in [3.8, 4) is 5.75 Å². The first-order valence-electron chi connectivity index (χ1n) is 5.92. The smallest absolute Gasteiger partial charge is 0.147 e. The highest BCUT2D eigenvalue weighted by Gasteiger charge is 2.11. The maximum absolute atomic E-state index is 12.1. The molecule has 1 aromatic rings. The van der Waals surface area contributed by atoms with Crippen LogP contribution >= 0.6 is 0 Å². The molecule has 1 aromatic carbocycles. The van der Waals surface area contributed by atoms with Gasteiger partial charge in [-0.3, -0.25) is 4.21 Å². The van der Waals surface area contributed by atoms with Gasteiger partial charge in [0, 0.05) is 17.7 Å². The van der Waals surface area contributed by atoms with Crippen molar-refractivity contribution in [3.05, 3.63) is 18.2 Å². The van der Waals surface area contributed by atoms with E-state index in [0.29, 0.717) is 29.4 Å². The molecule has 1 rings (SSSR count). The number of ether oxygens (including phenoxy) is 1. The van der Waals surface area contributed by atoms with Gasteiger partial charge in [0.1, 0.15) is 15.6 Å². The van der Waals surface area contributed by atoms with Gasteiger partial charge in [0.2, 0.25) is 0 Å². The summed E-state index contributed by atoms with van der Waals surface area (Å²) in [4.78, 5) is 0.499. The first-order valence-corrected chi connectivity index (χ1v) is 9.30. The molecule has 0 aromatic heterocycles. The highest BCUT2D eigenvalue weighted by molar-refractivity contribution is 7.90. The van der Waals surface area contributed by atoms with Crippen molar-refractivity contribution in [2.24, 2.45) is 0 Å². The predicted octanol–water partition coefficient (Wildman–Crippen LogP) is 1.21. The molecule has 0 spiro atoms. The number of benzene rings is 1. The van der Waals surface area contributed by atoms with Gasteiger partial charge in [-0.25, -0.2) is 8.42 Å². The quantitative estimate of drug-likeness (QED) is 0.765. The summed E-state index contributed by atoms with van der Waals surface area (Å²) in [5.74, 6) is 0.916. The van der Waals surface area contributed by atoms with Crippen molar-refractivity contribution in [2.75, 3.05) is 30.1 Å².